The topological polar surface area (TPSA) is 59.6 Å². The fourth-order valence-electron chi connectivity index (χ4n) is 1.82. The summed E-state index contributed by atoms with van der Waals surface area (Å²) < 4.78 is 10.3. The third-order valence-corrected chi connectivity index (χ3v) is 3.10. The maximum atomic E-state index is 11.8. The molecule has 5 nitrogen and oxygen atoms in total. The van der Waals surface area contributed by atoms with Crippen LogP contribution in [-0.4, -0.2) is 33.2 Å². The van der Waals surface area contributed by atoms with Crippen LogP contribution in [0.25, 0.3) is 0 Å². The number of rotatable bonds is 7. The maximum absolute atomic E-state index is 11.8. The van der Waals surface area contributed by atoms with Crippen molar-refractivity contribution in [2.45, 2.75) is 12.8 Å². The molecule has 1 aliphatic carbocycles. The zero-order valence-electron chi connectivity index (χ0n) is 11.4. The predicted molar refractivity (Wildman–Crippen MR) is 73.8 cm³/mol. The summed E-state index contributed by atoms with van der Waals surface area (Å²) in [6, 6.07) is 5.31. The summed E-state index contributed by atoms with van der Waals surface area (Å²) in [5.41, 5.74) is 0.625. The molecule has 0 aliphatic heterocycles. The Balaban J connectivity index is 1.89. The van der Waals surface area contributed by atoms with Gasteiger partial charge in [-0.05, 0) is 37.4 Å². The molecule has 0 bridgehead atoms. The van der Waals surface area contributed by atoms with E-state index in [1.807, 2.05) is 0 Å². The van der Waals surface area contributed by atoms with Crippen molar-refractivity contribution >= 4 is 11.6 Å². The lowest BCUT2D eigenvalue weighted by Crippen LogP contribution is -2.29. The zero-order valence-corrected chi connectivity index (χ0v) is 11.4. The molecule has 1 amide bonds. The molecule has 1 aromatic rings. The van der Waals surface area contributed by atoms with Crippen LogP contribution in [0, 0.1) is 5.92 Å². The fraction of sp³-hybridized carbons (Fsp3) is 0.500. The van der Waals surface area contributed by atoms with Gasteiger partial charge in [0, 0.05) is 6.07 Å². The Bertz CT molecular complexity index is 444. The van der Waals surface area contributed by atoms with Crippen molar-refractivity contribution in [1.82, 2.24) is 5.32 Å². The van der Waals surface area contributed by atoms with Gasteiger partial charge < -0.3 is 20.1 Å². The Hall–Kier alpha value is -1.75. The maximum Gasteiger partial charge on any atom is 0.238 e. The minimum atomic E-state index is -0.0767. The van der Waals surface area contributed by atoms with Gasteiger partial charge in [0.2, 0.25) is 5.91 Å². The molecule has 0 radical (unpaired) electrons. The van der Waals surface area contributed by atoms with Crippen molar-refractivity contribution in [2.75, 3.05) is 32.6 Å². The first-order valence-corrected chi connectivity index (χ1v) is 6.45. The molecule has 19 heavy (non-hydrogen) atoms. The molecule has 0 spiro atoms. The van der Waals surface area contributed by atoms with Crippen molar-refractivity contribution < 1.29 is 14.3 Å². The second-order valence-electron chi connectivity index (χ2n) is 4.69. The monoisotopic (exact) mass is 264 g/mol. The molecule has 1 aliphatic rings. The number of methoxy groups -OCH3 is 2. The lowest BCUT2D eigenvalue weighted by Gasteiger charge is -2.12. The summed E-state index contributed by atoms with van der Waals surface area (Å²) >= 11 is 0. The van der Waals surface area contributed by atoms with Crippen molar-refractivity contribution in [1.29, 1.82) is 0 Å². The van der Waals surface area contributed by atoms with Gasteiger partial charge in [-0.1, -0.05) is 0 Å². The Morgan fingerprint density at radius 1 is 1.32 bits per heavy atom. The molecule has 1 fully saturated rings. The molecular weight excluding hydrogens is 244 g/mol. The van der Waals surface area contributed by atoms with E-state index in [1.54, 1.807) is 32.4 Å². The van der Waals surface area contributed by atoms with Crippen molar-refractivity contribution in [2.24, 2.45) is 5.92 Å². The van der Waals surface area contributed by atoms with Crippen LogP contribution in [0.15, 0.2) is 18.2 Å². The standard InChI is InChI=1S/C14H20N2O3/c1-18-11-5-6-13(19-2)12(7-11)16-14(17)9-15-8-10-3-4-10/h5-7,10,15H,3-4,8-9H2,1-2H3,(H,16,17). The number of carbonyl (C=O) groups is 1. The average molecular weight is 264 g/mol. The van der Waals surface area contributed by atoms with Gasteiger partial charge in [-0.15, -0.1) is 0 Å². The summed E-state index contributed by atoms with van der Waals surface area (Å²) in [5, 5.41) is 5.97. The number of carbonyl (C=O) groups excluding carboxylic acids is 1. The number of anilines is 1. The second-order valence-corrected chi connectivity index (χ2v) is 4.69. The third-order valence-electron chi connectivity index (χ3n) is 3.10. The number of amides is 1. The predicted octanol–water partition coefficient (Wildman–Crippen LogP) is 1.64. The highest BCUT2D eigenvalue weighted by Gasteiger charge is 2.20. The smallest absolute Gasteiger partial charge is 0.238 e. The Morgan fingerprint density at radius 2 is 2.11 bits per heavy atom. The molecule has 0 saturated heterocycles. The SMILES string of the molecule is COc1ccc(OC)c(NC(=O)CNCC2CC2)c1. The van der Waals surface area contributed by atoms with Crippen LogP contribution in [0.2, 0.25) is 0 Å². The lowest BCUT2D eigenvalue weighted by molar-refractivity contribution is -0.115. The molecule has 0 unspecified atom stereocenters. The first-order chi connectivity index (χ1) is 9.22. The van der Waals surface area contributed by atoms with Crippen molar-refractivity contribution in [3.63, 3.8) is 0 Å². The largest absolute Gasteiger partial charge is 0.497 e. The van der Waals surface area contributed by atoms with Gasteiger partial charge >= 0.3 is 0 Å². The quantitative estimate of drug-likeness (QED) is 0.786. The number of hydrogen-bond acceptors (Lipinski definition) is 4. The fourth-order valence-corrected chi connectivity index (χ4v) is 1.82. The molecule has 1 aromatic carbocycles. The Morgan fingerprint density at radius 3 is 2.74 bits per heavy atom. The summed E-state index contributed by atoms with van der Waals surface area (Å²) in [7, 11) is 3.16. The molecular formula is C14H20N2O3. The highest BCUT2D eigenvalue weighted by Crippen LogP contribution is 2.29. The molecule has 5 heteroatoms. The summed E-state index contributed by atoms with van der Waals surface area (Å²) in [4.78, 5) is 11.8. The summed E-state index contributed by atoms with van der Waals surface area (Å²) in [5.74, 6) is 1.99. The first-order valence-electron chi connectivity index (χ1n) is 6.45. The van der Waals surface area contributed by atoms with Crippen LogP contribution in [0.4, 0.5) is 5.69 Å². The van der Waals surface area contributed by atoms with Gasteiger partial charge in [0.05, 0.1) is 26.5 Å². The third kappa shape index (κ3) is 4.13. The average Bonchev–Trinajstić information content (AvgIpc) is 3.22. The molecule has 1 saturated carbocycles. The van der Waals surface area contributed by atoms with Crippen LogP contribution < -0.4 is 20.1 Å². The van der Waals surface area contributed by atoms with E-state index >= 15 is 0 Å². The lowest BCUT2D eigenvalue weighted by atomic mass is 10.2. The second kappa shape index (κ2) is 6.43. The van der Waals surface area contributed by atoms with Gasteiger partial charge in [-0.2, -0.15) is 0 Å². The van der Waals surface area contributed by atoms with E-state index in [4.69, 9.17) is 9.47 Å². The van der Waals surface area contributed by atoms with E-state index < -0.39 is 0 Å². The van der Waals surface area contributed by atoms with Crippen LogP contribution in [0.3, 0.4) is 0 Å². The molecule has 0 atom stereocenters. The molecule has 0 aromatic heterocycles. The number of ether oxygens (including phenoxy) is 2. The number of hydrogen-bond donors (Lipinski definition) is 2. The van der Waals surface area contributed by atoms with E-state index in [0.717, 1.165) is 12.5 Å². The molecule has 0 heterocycles. The Kier molecular flexibility index (Phi) is 4.63. The normalized spacial score (nSPS) is 14.0. The van der Waals surface area contributed by atoms with E-state index in [-0.39, 0.29) is 5.91 Å². The van der Waals surface area contributed by atoms with Gasteiger partial charge in [0.15, 0.2) is 0 Å². The minimum absolute atomic E-state index is 0.0767. The molecule has 2 N–H and O–H groups in total. The van der Waals surface area contributed by atoms with E-state index in [0.29, 0.717) is 23.7 Å². The van der Waals surface area contributed by atoms with E-state index in [1.165, 1.54) is 12.8 Å². The highest BCUT2D eigenvalue weighted by molar-refractivity contribution is 5.93. The summed E-state index contributed by atoms with van der Waals surface area (Å²) in [6.45, 7) is 1.24. The zero-order chi connectivity index (χ0) is 13.7. The van der Waals surface area contributed by atoms with Crippen LogP contribution >= 0.6 is 0 Å². The van der Waals surface area contributed by atoms with Crippen LogP contribution in [0.5, 0.6) is 11.5 Å². The molecule has 104 valence electrons. The summed E-state index contributed by atoms with van der Waals surface area (Å²) in [6.07, 6.45) is 2.55. The van der Waals surface area contributed by atoms with Gasteiger partial charge in [0.25, 0.3) is 0 Å². The van der Waals surface area contributed by atoms with E-state index in [2.05, 4.69) is 10.6 Å². The van der Waals surface area contributed by atoms with Crippen molar-refractivity contribution in [3.8, 4) is 11.5 Å². The molecule has 2 rings (SSSR count). The first kappa shape index (κ1) is 13.7. The highest BCUT2D eigenvalue weighted by atomic mass is 16.5. The van der Waals surface area contributed by atoms with Gasteiger partial charge in [-0.3, -0.25) is 4.79 Å². The van der Waals surface area contributed by atoms with Crippen LogP contribution in [0.1, 0.15) is 12.8 Å². The minimum Gasteiger partial charge on any atom is -0.497 e. The van der Waals surface area contributed by atoms with E-state index in [9.17, 15) is 4.79 Å². The Labute approximate surface area is 113 Å². The number of nitrogens with one attached hydrogen (secondary N) is 2. The van der Waals surface area contributed by atoms with Gasteiger partial charge in [0.1, 0.15) is 11.5 Å². The van der Waals surface area contributed by atoms with Crippen molar-refractivity contribution in [3.05, 3.63) is 18.2 Å². The van der Waals surface area contributed by atoms with Crippen LogP contribution in [-0.2, 0) is 4.79 Å². The van der Waals surface area contributed by atoms with Gasteiger partial charge in [-0.25, -0.2) is 0 Å². The number of benzene rings is 1.